The molecule has 0 spiro atoms. The second-order valence-electron chi connectivity index (χ2n) is 4.83. The molecule has 0 unspecified atom stereocenters. The zero-order valence-corrected chi connectivity index (χ0v) is 11.7. The van der Waals surface area contributed by atoms with Gasteiger partial charge < -0.3 is 5.11 Å². The summed E-state index contributed by atoms with van der Waals surface area (Å²) in [6, 6.07) is 19.3. The molecule has 6 nitrogen and oxygen atoms in total. The van der Waals surface area contributed by atoms with Gasteiger partial charge in [-0.3, -0.25) is 4.79 Å². The highest BCUT2D eigenvalue weighted by atomic mass is 16.4. The normalized spacial score (nSPS) is 10.8. The van der Waals surface area contributed by atoms with Crippen LogP contribution in [-0.4, -0.2) is 31.3 Å². The molecule has 3 aromatic rings. The summed E-state index contributed by atoms with van der Waals surface area (Å²) in [6.07, 6.45) is -0.219. The van der Waals surface area contributed by atoms with Gasteiger partial charge in [-0.05, 0) is 21.6 Å². The van der Waals surface area contributed by atoms with Crippen molar-refractivity contribution in [3.63, 3.8) is 0 Å². The standard InChI is InChI=1S/C16H14N4O2/c21-15(22)11-14-17-18-19-20(14)16(12-7-3-1-4-8-12)13-9-5-2-6-10-13/h1-10,16H,11H2,(H,21,22). The molecule has 0 radical (unpaired) electrons. The lowest BCUT2D eigenvalue weighted by molar-refractivity contribution is -0.136. The summed E-state index contributed by atoms with van der Waals surface area (Å²) in [4.78, 5) is 11.0. The summed E-state index contributed by atoms with van der Waals surface area (Å²) in [5, 5.41) is 20.5. The van der Waals surface area contributed by atoms with Crippen molar-refractivity contribution in [3.8, 4) is 0 Å². The molecule has 1 N–H and O–H groups in total. The van der Waals surface area contributed by atoms with Gasteiger partial charge >= 0.3 is 5.97 Å². The summed E-state index contributed by atoms with van der Waals surface area (Å²) in [6.45, 7) is 0. The number of aromatic nitrogens is 4. The molecule has 2 aromatic carbocycles. The molecule has 6 heteroatoms. The lowest BCUT2D eigenvalue weighted by atomic mass is 9.99. The van der Waals surface area contributed by atoms with Crippen molar-refractivity contribution in [1.82, 2.24) is 20.2 Å². The van der Waals surface area contributed by atoms with Crippen LogP contribution in [0.2, 0.25) is 0 Å². The van der Waals surface area contributed by atoms with Gasteiger partial charge in [-0.15, -0.1) is 5.10 Å². The van der Waals surface area contributed by atoms with Crippen LogP contribution in [0.15, 0.2) is 60.7 Å². The largest absolute Gasteiger partial charge is 0.481 e. The number of carboxylic acids is 1. The molecule has 3 rings (SSSR count). The van der Waals surface area contributed by atoms with E-state index in [4.69, 9.17) is 5.11 Å². The van der Waals surface area contributed by atoms with Crippen LogP contribution >= 0.6 is 0 Å². The van der Waals surface area contributed by atoms with Crippen LogP contribution in [0.4, 0.5) is 0 Å². The third kappa shape index (κ3) is 2.85. The van der Waals surface area contributed by atoms with E-state index >= 15 is 0 Å². The first-order valence-corrected chi connectivity index (χ1v) is 6.84. The topological polar surface area (TPSA) is 80.9 Å². The van der Waals surface area contributed by atoms with E-state index in [1.165, 1.54) is 0 Å². The van der Waals surface area contributed by atoms with Crippen LogP contribution in [0.5, 0.6) is 0 Å². The minimum absolute atomic E-state index is 0.219. The Morgan fingerprint density at radius 2 is 1.55 bits per heavy atom. The van der Waals surface area contributed by atoms with Gasteiger partial charge in [0.1, 0.15) is 12.5 Å². The molecule has 0 saturated carbocycles. The first-order chi connectivity index (χ1) is 10.8. The average Bonchev–Trinajstić information content (AvgIpc) is 2.97. The highest BCUT2D eigenvalue weighted by Crippen LogP contribution is 2.26. The fourth-order valence-electron chi connectivity index (χ4n) is 2.41. The summed E-state index contributed by atoms with van der Waals surface area (Å²) < 4.78 is 1.57. The van der Waals surface area contributed by atoms with Gasteiger partial charge in [-0.25, -0.2) is 4.68 Å². The zero-order chi connectivity index (χ0) is 15.4. The van der Waals surface area contributed by atoms with Crippen molar-refractivity contribution in [2.24, 2.45) is 0 Å². The molecular weight excluding hydrogens is 280 g/mol. The number of carboxylic acid groups (broad SMARTS) is 1. The lowest BCUT2D eigenvalue weighted by Gasteiger charge is -2.19. The highest BCUT2D eigenvalue weighted by Gasteiger charge is 2.22. The Bertz CT molecular complexity index is 717. The Morgan fingerprint density at radius 3 is 2.05 bits per heavy atom. The quantitative estimate of drug-likeness (QED) is 0.777. The maximum absolute atomic E-state index is 11.0. The highest BCUT2D eigenvalue weighted by molar-refractivity contribution is 5.69. The fourth-order valence-corrected chi connectivity index (χ4v) is 2.41. The Labute approximate surface area is 127 Å². The SMILES string of the molecule is O=C(O)Cc1nnnn1C(c1ccccc1)c1ccccc1. The summed E-state index contributed by atoms with van der Waals surface area (Å²) in [5.41, 5.74) is 1.99. The van der Waals surface area contributed by atoms with Gasteiger partial charge in [0, 0.05) is 0 Å². The average molecular weight is 294 g/mol. The maximum atomic E-state index is 11.0. The molecule has 0 aliphatic heterocycles. The lowest BCUT2D eigenvalue weighted by Crippen LogP contribution is -2.18. The number of carbonyl (C=O) groups is 1. The molecule has 110 valence electrons. The minimum atomic E-state index is -0.962. The molecule has 0 fully saturated rings. The predicted molar refractivity (Wildman–Crippen MR) is 79.3 cm³/mol. The Kier molecular flexibility index (Phi) is 3.91. The molecule has 0 saturated heterocycles. The van der Waals surface area contributed by atoms with E-state index in [0.29, 0.717) is 5.82 Å². The molecule has 0 aliphatic rings. The summed E-state index contributed by atoms with van der Waals surface area (Å²) in [7, 11) is 0. The first kappa shape index (κ1) is 13.9. The van der Waals surface area contributed by atoms with E-state index in [1.807, 2.05) is 60.7 Å². The van der Waals surface area contributed by atoms with Gasteiger partial charge in [0.05, 0.1) is 0 Å². The van der Waals surface area contributed by atoms with Gasteiger partial charge in [-0.1, -0.05) is 60.7 Å². The molecule has 0 amide bonds. The van der Waals surface area contributed by atoms with Crippen LogP contribution in [0, 0.1) is 0 Å². The Balaban J connectivity index is 2.11. The minimum Gasteiger partial charge on any atom is -0.481 e. The third-order valence-electron chi connectivity index (χ3n) is 3.35. The number of nitrogens with zero attached hydrogens (tertiary/aromatic N) is 4. The molecule has 0 aliphatic carbocycles. The van der Waals surface area contributed by atoms with E-state index in [1.54, 1.807) is 4.68 Å². The van der Waals surface area contributed by atoms with Crippen molar-refractivity contribution < 1.29 is 9.90 Å². The van der Waals surface area contributed by atoms with Crippen LogP contribution in [0.25, 0.3) is 0 Å². The van der Waals surface area contributed by atoms with Gasteiger partial charge in [-0.2, -0.15) is 0 Å². The second-order valence-corrected chi connectivity index (χ2v) is 4.83. The fraction of sp³-hybridized carbons (Fsp3) is 0.125. The van der Waals surface area contributed by atoms with Crippen LogP contribution < -0.4 is 0 Å². The number of tetrazole rings is 1. The number of rotatable bonds is 5. The van der Waals surface area contributed by atoms with Gasteiger partial charge in [0.15, 0.2) is 5.82 Å². The van der Waals surface area contributed by atoms with E-state index in [0.717, 1.165) is 11.1 Å². The van der Waals surface area contributed by atoms with Crippen LogP contribution in [0.1, 0.15) is 23.0 Å². The van der Waals surface area contributed by atoms with Crippen molar-refractivity contribution in [1.29, 1.82) is 0 Å². The zero-order valence-electron chi connectivity index (χ0n) is 11.7. The van der Waals surface area contributed by atoms with E-state index in [2.05, 4.69) is 15.5 Å². The van der Waals surface area contributed by atoms with Gasteiger partial charge in [0.2, 0.25) is 0 Å². The van der Waals surface area contributed by atoms with Crippen molar-refractivity contribution in [3.05, 3.63) is 77.6 Å². The van der Waals surface area contributed by atoms with Crippen LogP contribution in [0.3, 0.4) is 0 Å². The van der Waals surface area contributed by atoms with Crippen molar-refractivity contribution in [2.75, 3.05) is 0 Å². The molecule has 1 heterocycles. The van der Waals surface area contributed by atoms with E-state index in [-0.39, 0.29) is 12.5 Å². The monoisotopic (exact) mass is 294 g/mol. The predicted octanol–water partition coefficient (Wildman–Crippen LogP) is 1.94. The molecular formula is C16H14N4O2. The van der Waals surface area contributed by atoms with Crippen molar-refractivity contribution in [2.45, 2.75) is 12.5 Å². The Hall–Kier alpha value is -3.02. The van der Waals surface area contributed by atoms with E-state index in [9.17, 15) is 4.79 Å². The third-order valence-corrected chi connectivity index (χ3v) is 3.35. The number of benzene rings is 2. The van der Waals surface area contributed by atoms with E-state index < -0.39 is 5.97 Å². The number of hydrogen-bond acceptors (Lipinski definition) is 4. The van der Waals surface area contributed by atoms with Gasteiger partial charge in [0.25, 0.3) is 0 Å². The molecule has 1 aromatic heterocycles. The van der Waals surface area contributed by atoms with Crippen molar-refractivity contribution >= 4 is 5.97 Å². The van der Waals surface area contributed by atoms with Crippen LogP contribution in [-0.2, 0) is 11.2 Å². The summed E-state index contributed by atoms with van der Waals surface area (Å²) >= 11 is 0. The number of hydrogen-bond donors (Lipinski definition) is 1. The Morgan fingerprint density at radius 1 is 1.00 bits per heavy atom. The number of aliphatic carboxylic acids is 1. The maximum Gasteiger partial charge on any atom is 0.311 e. The molecule has 0 atom stereocenters. The summed E-state index contributed by atoms with van der Waals surface area (Å²) in [5.74, 6) is -0.638. The second kappa shape index (κ2) is 6.17. The smallest absolute Gasteiger partial charge is 0.311 e. The molecule has 0 bridgehead atoms. The first-order valence-electron chi connectivity index (χ1n) is 6.84. The molecule has 22 heavy (non-hydrogen) atoms.